The first-order chi connectivity index (χ1) is 16.0. The second-order valence-electron chi connectivity index (χ2n) is 8.49. The number of nitrogens with one attached hydrogen (secondary N) is 1. The quantitative estimate of drug-likeness (QED) is 0.173. The zero-order valence-electron chi connectivity index (χ0n) is 20.8. The SMILES string of the molecule is CCCN(CCC)CCCCN(Cc1ccc(CN=Cc2ncc[nH]2)cc1)C(C)OC(C)=O. The molecule has 0 fully saturated rings. The molecular weight excluding hydrogens is 414 g/mol. The van der Waals surface area contributed by atoms with E-state index in [4.69, 9.17) is 4.74 Å². The summed E-state index contributed by atoms with van der Waals surface area (Å²) in [4.78, 5) is 27.9. The van der Waals surface area contributed by atoms with Crippen LogP contribution in [0, 0.1) is 0 Å². The number of esters is 1. The molecule has 1 N–H and O–H groups in total. The van der Waals surface area contributed by atoms with Gasteiger partial charge in [-0.05, 0) is 63.4 Å². The Bertz CT molecular complexity index is 799. The van der Waals surface area contributed by atoms with Gasteiger partial charge in [0.1, 0.15) is 5.82 Å². The van der Waals surface area contributed by atoms with Gasteiger partial charge in [-0.1, -0.05) is 38.1 Å². The van der Waals surface area contributed by atoms with Crippen LogP contribution < -0.4 is 0 Å². The first-order valence-corrected chi connectivity index (χ1v) is 12.2. The fourth-order valence-corrected chi connectivity index (χ4v) is 3.89. The minimum Gasteiger partial charge on any atom is -0.447 e. The number of aromatic nitrogens is 2. The number of hydrogen-bond acceptors (Lipinski definition) is 6. The van der Waals surface area contributed by atoms with E-state index in [1.54, 1.807) is 18.6 Å². The van der Waals surface area contributed by atoms with Crippen LogP contribution in [0.2, 0.25) is 0 Å². The van der Waals surface area contributed by atoms with Crippen molar-refractivity contribution in [2.75, 3.05) is 26.2 Å². The topological polar surface area (TPSA) is 73.8 Å². The van der Waals surface area contributed by atoms with E-state index in [1.165, 1.54) is 38.4 Å². The average molecular weight is 456 g/mol. The van der Waals surface area contributed by atoms with Gasteiger partial charge in [-0.25, -0.2) is 4.98 Å². The highest BCUT2D eigenvalue weighted by atomic mass is 16.6. The van der Waals surface area contributed by atoms with Crippen molar-refractivity contribution in [1.82, 2.24) is 19.8 Å². The van der Waals surface area contributed by atoms with E-state index in [-0.39, 0.29) is 12.2 Å². The van der Waals surface area contributed by atoms with Crippen molar-refractivity contribution < 1.29 is 9.53 Å². The van der Waals surface area contributed by atoms with Crippen molar-refractivity contribution in [2.45, 2.75) is 72.7 Å². The zero-order chi connectivity index (χ0) is 23.9. The number of imidazole rings is 1. The summed E-state index contributed by atoms with van der Waals surface area (Å²) >= 11 is 0. The molecule has 0 bridgehead atoms. The number of rotatable bonds is 16. The van der Waals surface area contributed by atoms with Gasteiger partial charge in [0, 0.05) is 32.4 Å². The summed E-state index contributed by atoms with van der Waals surface area (Å²) in [6.07, 6.45) is 9.61. The summed E-state index contributed by atoms with van der Waals surface area (Å²) in [6, 6.07) is 8.48. The molecule has 182 valence electrons. The molecule has 0 amide bonds. The number of ether oxygens (including phenoxy) is 1. The van der Waals surface area contributed by atoms with Crippen molar-refractivity contribution in [1.29, 1.82) is 0 Å². The number of carbonyl (C=O) groups is 1. The smallest absolute Gasteiger partial charge is 0.304 e. The summed E-state index contributed by atoms with van der Waals surface area (Å²) in [5.41, 5.74) is 2.35. The molecule has 2 aromatic rings. The Morgan fingerprint density at radius 2 is 1.76 bits per heavy atom. The average Bonchev–Trinajstić information content (AvgIpc) is 3.30. The first-order valence-electron chi connectivity index (χ1n) is 12.2. The molecule has 1 unspecified atom stereocenters. The van der Waals surface area contributed by atoms with E-state index in [0.717, 1.165) is 43.9 Å². The van der Waals surface area contributed by atoms with Crippen molar-refractivity contribution >= 4 is 12.2 Å². The van der Waals surface area contributed by atoms with Gasteiger partial charge in [-0.3, -0.25) is 14.7 Å². The van der Waals surface area contributed by atoms with Crippen molar-refractivity contribution in [2.24, 2.45) is 4.99 Å². The summed E-state index contributed by atoms with van der Waals surface area (Å²) in [5.74, 6) is 0.517. The number of carbonyl (C=O) groups excluding carboxylic acids is 1. The summed E-state index contributed by atoms with van der Waals surface area (Å²) in [7, 11) is 0. The highest BCUT2D eigenvalue weighted by Gasteiger charge is 2.17. The second kappa shape index (κ2) is 15.3. The van der Waals surface area contributed by atoms with E-state index in [1.807, 2.05) is 6.92 Å². The maximum atomic E-state index is 11.5. The zero-order valence-corrected chi connectivity index (χ0v) is 20.8. The van der Waals surface area contributed by atoms with Crippen LogP contribution in [0.4, 0.5) is 0 Å². The number of hydrogen-bond donors (Lipinski definition) is 1. The van der Waals surface area contributed by atoms with Crippen LogP contribution in [0.15, 0.2) is 41.7 Å². The van der Waals surface area contributed by atoms with Crippen molar-refractivity contribution in [3.05, 3.63) is 53.6 Å². The summed E-state index contributed by atoms with van der Waals surface area (Å²) in [5, 5.41) is 0. The number of aliphatic imine (C=N–C) groups is 1. The van der Waals surface area contributed by atoms with Gasteiger partial charge in [-0.15, -0.1) is 0 Å². The normalized spacial score (nSPS) is 12.7. The van der Waals surface area contributed by atoms with Crippen LogP contribution in [0.25, 0.3) is 0 Å². The molecule has 0 saturated heterocycles. The molecular formula is C26H41N5O2. The van der Waals surface area contributed by atoms with Gasteiger partial charge in [-0.2, -0.15) is 0 Å². The first kappa shape index (κ1) is 26.7. The van der Waals surface area contributed by atoms with Gasteiger partial charge in [0.25, 0.3) is 0 Å². The van der Waals surface area contributed by atoms with Gasteiger partial charge in [0.15, 0.2) is 6.23 Å². The van der Waals surface area contributed by atoms with Crippen LogP contribution in [0.1, 0.15) is 70.3 Å². The minimum atomic E-state index is -0.248. The maximum absolute atomic E-state index is 11.5. The minimum absolute atomic E-state index is 0.241. The van der Waals surface area contributed by atoms with Crippen molar-refractivity contribution in [3.63, 3.8) is 0 Å². The Morgan fingerprint density at radius 1 is 1.09 bits per heavy atom. The molecule has 1 atom stereocenters. The number of H-pyrrole nitrogens is 1. The fraction of sp³-hybridized carbons (Fsp3) is 0.577. The number of aromatic amines is 1. The molecule has 7 nitrogen and oxygen atoms in total. The summed E-state index contributed by atoms with van der Waals surface area (Å²) in [6.45, 7) is 13.6. The molecule has 1 aromatic carbocycles. The molecule has 0 spiro atoms. The molecule has 7 heteroatoms. The van der Waals surface area contributed by atoms with Crippen LogP contribution in [-0.2, 0) is 22.6 Å². The van der Waals surface area contributed by atoms with E-state index in [9.17, 15) is 4.79 Å². The van der Waals surface area contributed by atoms with E-state index in [2.05, 4.69) is 62.9 Å². The lowest BCUT2D eigenvalue weighted by atomic mass is 10.1. The molecule has 33 heavy (non-hydrogen) atoms. The lowest BCUT2D eigenvalue weighted by Gasteiger charge is -2.29. The van der Waals surface area contributed by atoms with Crippen molar-refractivity contribution in [3.8, 4) is 0 Å². The highest BCUT2D eigenvalue weighted by molar-refractivity contribution is 5.74. The lowest BCUT2D eigenvalue weighted by Crippen LogP contribution is -2.37. The van der Waals surface area contributed by atoms with Gasteiger partial charge < -0.3 is 14.6 Å². The molecule has 0 saturated carbocycles. The third kappa shape index (κ3) is 10.8. The predicted octanol–water partition coefficient (Wildman–Crippen LogP) is 4.64. The Kier molecular flexibility index (Phi) is 12.4. The van der Waals surface area contributed by atoms with E-state index in [0.29, 0.717) is 6.54 Å². The van der Waals surface area contributed by atoms with Crippen LogP contribution in [-0.4, -0.2) is 64.4 Å². The molecule has 0 radical (unpaired) electrons. The third-order valence-electron chi connectivity index (χ3n) is 5.52. The number of benzene rings is 1. The maximum Gasteiger partial charge on any atom is 0.304 e. The Hall–Kier alpha value is -2.51. The third-order valence-corrected chi connectivity index (χ3v) is 5.52. The monoisotopic (exact) mass is 455 g/mol. The molecule has 1 aromatic heterocycles. The fourth-order valence-electron chi connectivity index (χ4n) is 3.89. The number of nitrogens with zero attached hydrogens (tertiary/aromatic N) is 4. The molecule has 0 aliphatic heterocycles. The van der Waals surface area contributed by atoms with Gasteiger partial charge in [0.05, 0.1) is 12.8 Å². The van der Waals surface area contributed by atoms with Gasteiger partial charge >= 0.3 is 5.97 Å². The van der Waals surface area contributed by atoms with Gasteiger partial charge in [0.2, 0.25) is 0 Å². The van der Waals surface area contributed by atoms with Crippen LogP contribution >= 0.6 is 0 Å². The molecule has 0 aliphatic rings. The largest absolute Gasteiger partial charge is 0.447 e. The van der Waals surface area contributed by atoms with E-state index >= 15 is 0 Å². The lowest BCUT2D eigenvalue weighted by molar-refractivity contribution is -0.155. The standard InChI is InChI=1S/C26H41N5O2/c1-5-15-30(16-6-2)17-7-8-18-31(22(3)33-23(4)32)21-25-11-9-24(10-12-25)19-27-20-26-28-13-14-29-26/h9-14,20,22H,5-8,15-19,21H2,1-4H3,(H,28,29). The second-order valence-corrected chi connectivity index (χ2v) is 8.49. The Labute approximate surface area is 199 Å². The number of unbranched alkanes of at least 4 members (excludes halogenated alkanes) is 1. The van der Waals surface area contributed by atoms with Crippen LogP contribution in [0.5, 0.6) is 0 Å². The summed E-state index contributed by atoms with van der Waals surface area (Å²) < 4.78 is 5.50. The Balaban J connectivity index is 1.88. The molecule has 0 aliphatic carbocycles. The van der Waals surface area contributed by atoms with Crippen LogP contribution in [0.3, 0.4) is 0 Å². The Morgan fingerprint density at radius 3 is 2.36 bits per heavy atom. The highest BCUT2D eigenvalue weighted by Crippen LogP contribution is 2.13. The predicted molar refractivity (Wildman–Crippen MR) is 134 cm³/mol. The van der Waals surface area contributed by atoms with E-state index < -0.39 is 0 Å². The molecule has 2 rings (SSSR count). The molecule has 1 heterocycles.